The molecule has 140 valence electrons. The summed E-state index contributed by atoms with van der Waals surface area (Å²) >= 11 is 0. The Morgan fingerprint density at radius 3 is 2.88 bits per heavy atom. The van der Waals surface area contributed by atoms with Crippen molar-refractivity contribution in [1.82, 2.24) is 20.4 Å². The fraction of sp³-hybridized carbons (Fsp3) is 0.750. The van der Waals surface area contributed by atoms with Gasteiger partial charge in [0.25, 0.3) is 0 Å². The summed E-state index contributed by atoms with van der Waals surface area (Å²) in [4.78, 5) is 15.0. The molecule has 0 radical (unpaired) electrons. The topological polar surface area (TPSA) is 107 Å². The van der Waals surface area contributed by atoms with Gasteiger partial charge >= 0.3 is 5.69 Å². The first-order valence-electron chi connectivity index (χ1n) is 8.76. The number of hydrogen-bond acceptors (Lipinski definition) is 5. The van der Waals surface area contributed by atoms with Gasteiger partial charge in [-0.1, -0.05) is 6.42 Å². The van der Waals surface area contributed by atoms with Crippen molar-refractivity contribution in [2.45, 2.75) is 39.2 Å². The Hall–Kier alpha value is -2.16. The average molecular weight is 352 g/mol. The molecule has 1 fully saturated rings. The number of nitro groups is 1. The van der Waals surface area contributed by atoms with Gasteiger partial charge < -0.3 is 15.4 Å². The van der Waals surface area contributed by atoms with Crippen molar-refractivity contribution in [2.75, 3.05) is 33.4 Å². The van der Waals surface area contributed by atoms with Crippen LogP contribution in [0.1, 0.15) is 32.6 Å². The summed E-state index contributed by atoms with van der Waals surface area (Å²) in [7, 11) is 1.74. The van der Waals surface area contributed by atoms with Gasteiger partial charge in [0, 0.05) is 33.4 Å². The predicted molar refractivity (Wildman–Crippen MR) is 95.6 cm³/mol. The zero-order valence-corrected chi connectivity index (χ0v) is 15.0. The molecule has 0 spiro atoms. The van der Waals surface area contributed by atoms with Gasteiger partial charge in [0.05, 0.1) is 11.5 Å². The fourth-order valence-electron chi connectivity index (χ4n) is 2.93. The molecule has 0 unspecified atom stereocenters. The number of nitrogens with one attached hydrogen (secondary N) is 2. The van der Waals surface area contributed by atoms with Crippen LogP contribution in [-0.2, 0) is 11.3 Å². The van der Waals surface area contributed by atoms with Crippen molar-refractivity contribution in [3.8, 4) is 0 Å². The van der Waals surface area contributed by atoms with Crippen molar-refractivity contribution in [1.29, 1.82) is 0 Å². The average Bonchev–Trinajstić information content (AvgIpc) is 3.02. The highest BCUT2D eigenvalue weighted by Crippen LogP contribution is 2.44. The number of rotatable bonds is 10. The molecule has 9 heteroatoms. The molecule has 0 amide bonds. The Labute approximate surface area is 148 Å². The summed E-state index contributed by atoms with van der Waals surface area (Å²) < 4.78 is 6.78. The van der Waals surface area contributed by atoms with Gasteiger partial charge in [0.1, 0.15) is 12.4 Å². The van der Waals surface area contributed by atoms with Crippen LogP contribution in [0.5, 0.6) is 0 Å². The van der Waals surface area contributed by atoms with Crippen LogP contribution < -0.4 is 10.6 Å². The number of hydrogen-bond donors (Lipinski definition) is 2. The molecule has 0 aliphatic heterocycles. The number of nitrogens with zero attached hydrogens (tertiary/aromatic N) is 4. The highest BCUT2D eigenvalue weighted by atomic mass is 16.6. The second kappa shape index (κ2) is 9.36. The first kappa shape index (κ1) is 19.2. The molecule has 1 heterocycles. The Kier molecular flexibility index (Phi) is 7.17. The van der Waals surface area contributed by atoms with E-state index in [0.29, 0.717) is 13.1 Å². The molecule has 0 bridgehead atoms. The molecular formula is C16H28N6O3. The molecule has 9 nitrogen and oxygen atoms in total. The highest BCUT2D eigenvalue weighted by molar-refractivity contribution is 5.79. The summed E-state index contributed by atoms with van der Waals surface area (Å²) in [5.41, 5.74) is 0.284. The van der Waals surface area contributed by atoms with Crippen LogP contribution in [0.2, 0.25) is 0 Å². The SMILES string of the molecule is CCNC(=NCC1(CCOC)CCC1)NCCn1cc([N+](=O)[O-])cn1. The lowest BCUT2D eigenvalue weighted by Gasteiger charge is -2.40. The van der Waals surface area contributed by atoms with E-state index >= 15 is 0 Å². The molecule has 1 aliphatic rings. The van der Waals surface area contributed by atoms with E-state index in [-0.39, 0.29) is 11.1 Å². The molecule has 1 aromatic heterocycles. The monoisotopic (exact) mass is 352 g/mol. The van der Waals surface area contributed by atoms with Gasteiger partial charge in [-0.25, -0.2) is 0 Å². The number of aliphatic imine (C=N–C) groups is 1. The Balaban J connectivity index is 1.83. The van der Waals surface area contributed by atoms with Gasteiger partial charge in [-0.2, -0.15) is 5.10 Å². The first-order valence-corrected chi connectivity index (χ1v) is 8.76. The quantitative estimate of drug-likeness (QED) is 0.286. The van der Waals surface area contributed by atoms with Crippen LogP contribution in [0.4, 0.5) is 5.69 Å². The Morgan fingerprint density at radius 2 is 2.32 bits per heavy atom. The van der Waals surface area contributed by atoms with Crippen molar-refractivity contribution in [3.63, 3.8) is 0 Å². The number of aromatic nitrogens is 2. The second-order valence-corrected chi connectivity index (χ2v) is 6.44. The van der Waals surface area contributed by atoms with Gasteiger partial charge in [0.15, 0.2) is 5.96 Å². The maximum atomic E-state index is 10.7. The van der Waals surface area contributed by atoms with Gasteiger partial charge in [-0.05, 0) is 31.6 Å². The molecule has 2 rings (SSSR count). The Morgan fingerprint density at radius 1 is 1.52 bits per heavy atom. The zero-order valence-electron chi connectivity index (χ0n) is 15.0. The molecule has 0 aromatic carbocycles. The van der Waals surface area contributed by atoms with E-state index in [2.05, 4.69) is 15.7 Å². The van der Waals surface area contributed by atoms with Crippen LogP contribution in [0, 0.1) is 15.5 Å². The van der Waals surface area contributed by atoms with Crippen LogP contribution >= 0.6 is 0 Å². The molecule has 1 aromatic rings. The third-order valence-corrected chi connectivity index (χ3v) is 4.63. The minimum atomic E-state index is -0.444. The summed E-state index contributed by atoms with van der Waals surface area (Å²) in [6.45, 7) is 5.50. The molecule has 0 saturated heterocycles. The highest BCUT2D eigenvalue weighted by Gasteiger charge is 2.36. The normalized spacial score (nSPS) is 16.3. The van der Waals surface area contributed by atoms with E-state index in [0.717, 1.165) is 32.1 Å². The maximum Gasteiger partial charge on any atom is 0.306 e. The third kappa shape index (κ3) is 5.70. The number of methoxy groups -OCH3 is 1. The van der Waals surface area contributed by atoms with Gasteiger partial charge in [-0.15, -0.1) is 0 Å². The smallest absolute Gasteiger partial charge is 0.306 e. The second-order valence-electron chi connectivity index (χ2n) is 6.44. The van der Waals surface area contributed by atoms with Crippen molar-refractivity contribution < 1.29 is 9.66 Å². The Bertz CT molecular complexity index is 582. The van der Waals surface area contributed by atoms with Crippen LogP contribution in [-0.4, -0.2) is 54.0 Å². The largest absolute Gasteiger partial charge is 0.385 e. The van der Waals surface area contributed by atoms with E-state index in [4.69, 9.17) is 9.73 Å². The van der Waals surface area contributed by atoms with Gasteiger partial charge in [0.2, 0.25) is 0 Å². The van der Waals surface area contributed by atoms with E-state index in [1.54, 1.807) is 11.8 Å². The lowest BCUT2D eigenvalue weighted by molar-refractivity contribution is -0.385. The first-order chi connectivity index (χ1) is 12.1. The lowest BCUT2D eigenvalue weighted by Crippen LogP contribution is -2.41. The number of ether oxygens (including phenoxy) is 1. The van der Waals surface area contributed by atoms with Crippen molar-refractivity contribution >= 4 is 11.6 Å². The number of guanidine groups is 1. The molecule has 2 N–H and O–H groups in total. The van der Waals surface area contributed by atoms with E-state index < -0.39 is 4.92 Å². The summed E-state index contributed by atoms with van der Waals surface area (Å²) in [5.74, 6) is 0.771. The predicted octanol–water partition coefficient (Wildman–Crippen LogP) is 1.55. The third-order valence-electron chi connectivity index (χ3n) is 4.63. The van der Waals surface area contributed by atoms with E-state index in [9.17, 15) is 10.1 Å². The fourth-order valence-corrected chi connectivity index (χ4v) is 2.93. The molecule has 1 aliphatic carbocycles. The van der Waals surface area contributed by atoms with E-state index in [1.807, 2.05) is 6.92 Å². The van der Waals surface area contributed by atoms with Crippen molar-refractivity contribution in [2.24, 2.45) is 10.4 Å². The minimum absolute atomic E-state index is 0.00522. The molecule has 25 heavy (non-hydrogen) atoms. The van der Waals surface area contributed by atoms with Crippen LogP contribution in [0.3, 0.4) is 0 Å². The van der Waals surface area contributed by atoms with Gasteiger partial charge in [-0.3, -0.25) is 19.8 Å². The molecular weight excluding hydrogens is 324 g/mol. The minimum Gasteiger partial charge on any atom is -0.385 e. The summed E-state index contributed by atoms with van der Waals surface area (Å²) in [6, 6.07) is 0. The lowest BCUT2D eigenvalue weighted by atomic mass is 9.67. The summed E-state index contributed by atoms with van der Waals surface area (Å²) in [6.07, 6.45) is 7.41. The molecule has 1 saturated carbocycles. The summed E-state index contributed by atoms with van der Waals surface area (Å²) in [5, 5.41) is 21.2. The maximum absolute atomic E-state index is 10.7. The van der Waals surface area contributed by atoms with Crippen LogP contribution in [0.15, 0.2) is 17.4 Å². The van der Waals surface area contributed by atoms with Crippen molar-refractivity contribution in [3.05, 3.63) is 22.5 Å². The standard InChI is InChI=1S/C16H28N6O3/c1-3-17-15(19-13-16(5-4-6-16)7-10-25-2)18-8-9-21-12-14(11-20-21)22(23)24/h11-12H,3-10,13H2,1-2H3,(H2,17,18,19). The molecule has 0 atom stereocenters. The van der Waals surface area contributed by atoms with Crippen LogP contribution in [0.25, 0.3) is 0 Å². The van der Waals surface area contributed by atoms with E-state index in [1.165, 1.54) is 31.7 Å². The zero-order chi connectivity index (χ0) is 18.1.